The van der Waals surface area contributed by atoms with Gasteiger partial charge in [0.2, 0.25) is 17.8 Å². The van der Waals surface area contributed by atoms with E-state index >= 15 is 0 Å². The number of aromatic nitrogens is 2. The highest BCUT2D eigenvalue weighted by Crippen LogP contribution is 2.36. The SMILES string of the molecule is Cc1ccc(NC(=O)[C@H]2CC(=O)Nc3nc(N4CCCCC4)nc(N)c32)cc1. The van der Waals surface area contributed by atoms with Gasteiger partial charge in [-0.3, -0.25) is 9.59 Å². The molecule has 8 nitrogen and oxygen atoms in total. The summed E-state index contributed by atoms with van der Waals surface area (Å²) < 4.78 is 0. The molecule has 1 aromatic heterocycles. The van der Waals surface area contributed by atoms with E-state index in [4.69, 9.17) is 5.73 Å². The smallest absolute Gasteiger partial charge is 0.232 e. The fraction of sp³-hybridized carbons (Fsp3) is 0.400. The van der Waals surface area contributed by atoms with Gasteiger partial charge in [0.05, 0.1) is 11.5 Å². The largest absolute Gasteiger partial charge is 0.383 e. The standard InChI is InChI=1S/C20H24N6O2/c1-12-5-7-13(8-6-12)22-19(28)14-11-15(27)23-18-16(14)17(21)24-20(25-18)26-9-3-2-4-10-26/h5-8,14H,2-4,9-11H2,1H3,(H,22,28)(H3,21,23,24,25,27)/t14-/m0/s1. The van der Waals surface area contributed by atoms with Gasteiger partial charge < -0.3 is 21.3 Å². The van der Waals surface area contributed by atoms with Crippen LogP contribution in [0.15, 0.2) is 24.3 Å². The topological polar surface area (TPSA) is 113 Å². The molecule has 3 heterocycles. The van der Waals surface area contributed by atoms with Crippen molar-refractivity contribution in [2.75, 3.05) is 34.4 Å². The average molecular weight is 380 g/mol. The van der Waals surface area contributed by atoms with Gasteiger partial charge in [-0.05, 0) is 38.3 Å². The molecule has 2 aliphatic rings. The Kier molecular flexibility index (Phi) is 4.85. The number of nitrogens with one attached hydrogen (secondary N) is 2. The molecule has 0 aliphatic carbocycles. The molecule has 1 aromatic carbocycles. The average Bonchev–Trinajstić information content (AvgIpc) is 2.69. The molecule has 2 amide bonds. The number of nitrogen functional groups attached to an aromatic ring is 1. The van der Waals surface area contributed by atoms with Crippen LogP contribution in [0.5, 0.6) is 0 Å². The second kappa shape index (κ2) is 7.46. The maximum Gasteiger partial charge on any atom is 0.232 e. The van der Waals surface area contributed by atoms with Crippen LogP contribution in [-0.2, 0) is 9.59 Å². The number of piperidine rings is 1. The molecule has 2 aromatic rings. The highest BCUT2D eigenvalue weighted by molar-refractivity contribution is 6.05. The van der Waals surface area contributed by atoms with E-state index in [-0.39, 0.29) is 24.1 Å². The van der Waals surface area contributed by atoms with Crippen molar-refractivity contribution in [1.29, 1.82) is 0 Å². The molecule has 4 rings (SSSR count). The maximum absolute atomic E-state index is 12.9. The molecule has 1 fully saturated rings. The van der Waals surface area contributed by atoms with E-state index in [0.717, 1.165) is 31.5 Å². The van der Waals surface area contributed by atoms with Crippen LogP contribution >= 0.6 is 0 Å². The van der Waals surface area contributed by atoms with Gasteiger partial charge in [-0.15, -0.1) is 0 Å². The maximum atomic E-state index is 12.9. The normalized spacial score (nSPS) is 19.0. The van der Waals surface area contributed by atoms with Gasteiger partial charge in [0.25, 0.3) is 0 Å². The van der Waals surface area contributed by atoms with Gasteiger partial charge >= 0.3 is 0 Å². The first kappa shape index (κ1) is 18.2. The predicted octanol–water partition coefficient (Wildman–Crippen LogP) is 2.42. The molecular formula is C20H24N6O2. The monoisotopic (exact) mass is 380 g/mol. The summed E-state index contributed by atoms with van der Waals surface area (Å²) in [6, 6.07) is 7.49. The minimum Gasteiger partial charge on any atom is -0.383 e. The van der Waals surface area contributed by atoms with Crippen molar-refractivity contribution in [3.63, 3.8) is 0 Å². The summed E-state index contributed by atoms with van der Waals surface area (Å²) in [5.74, 6) is -0.167. The third-order valence-corrected chi connectivity index (χ3v) is 5.23. The van der Waals surface area contributed by atoms with E-state index in [1.165, 1.54) is 6.42 Å². The van der Waals surface area contributed by atoms with Crippen LogP contribution in [0.3, 0.4) is 0 Å². The number of nitrogens with zero attached hydrogens (tertiary/aromatic N) is 3. The van der Waals surface area contributed by atoms with E-state index in [0.29, 0.717) is 23.0 Å². The van der Waals surface area contributed by atoms with E-state index in [9.17, 15) is 9.59 Å². The predicted molar refractivity (Wildman–Crippen MR) is 108 cm³/mol. The van der Waals surface area contributed by atoms with E-state index in [1.54, 1.807) is 0 Å². The number of aryl methyl sites for hydroxylation is 1. The molecule has 0 bridgehead atoms. The summed E-state index contributed by atoms with van der Waals surface area (Å²) in [6.07, 6.45) is 3.36. The summed E-state index contributed by atoms with van der Waals surface area (Å²) in [4.78, 5) is 36.2. The fourth-order valence-corrected chi connectivity index (χ4v) is 3.71. The van der Waals surface area contributed by atoms with Gasteiger partial charge in [0.15, 0.2) is 0 Å². The molecule has 4 N–H and O–H groups in total. The third kappa shape index (κ3) is 3.62. The summed E-state index contributed by atoms with van der Waals surface area (Å²) in [7, 11) is 0. The molecule has 8 heteroatoms. The zero-order valence-corrected chi connectivity index (χ0v) is 15.9. The Morgan fingerprint density at radius 3 is 2.61 bits per heavy atom. The third-order valence-electron chi connectivity index (χ3n) is 5.23. The zero-order chi connectivity index (χ0) is 19.7. The number of hydrogen-bond acceptors (Lipinski definition) is 6. The number of hydrogen-bond donors (Lipinski definition) is 3. The van der Waals surface area contributed by atoms with Crippen LogP contribution < -0.4 is 21.3 Å². The van der Waals surface area contributed by atoms with Crippen LogP contribution in [0.1, 0.15) is 42.7 Å². The molecule has 1 atom stereocenters. The summed E-state index contributed by atoms with van der Waals surface area (Å²) in [5.41, 5.74) is 8.49. The lowest BCUT2D eigenvalue weighted by Crippen LogP contribution is -2.35. The van der Waals surface area contributed by atoms with Crippen molar-refractivity contribution in [3.05, 3.63) is 35.4 Å². The number of amides is 2. The molecule has 0 spiro atoms. The van der Waals surface area contributed by atoms with Gasteiger partial charge in [-0.1, -0.05) is 17.7 Å². The summed E-state index contributed by atoms with van der Waals surface area (Å²) in [6.45, 7) is 3.71. The second-order valence-electron chi connectivity index (χ2n) is 7.38. The molecular weight excluding hydrogens is 356 g/mol. The number of anilines is 4. The van der Waals surface area contributed by atoms with Crippen LogP contribution in [0, 0.1) is 6.92 Å². The van der Waals surface area contributed by atoms with Crippen molar-refractivity contribution >= 4 is 35.1 Å². The van der Waals surface area contributed by atoms with Crippen LogP contribution in [0.4, 0.5) is 23.3 Å². The lowest BCUT2D eigenvalue weighted by molar-refractivity contribution is -0.123. The lowest BCUT2D eigenvalue weighted by Gasteiger charge is -2.30. The molecule has 28 heavy (non-hydrogen) atoms. The van der Waals surface area contributed by atoms with Crippen molar-refractivity contribution in [2.45, 2.75) is 38.5 Å². The van der Waals surface area contributed by atoms with Gasteiger partial charge in [0, 0.05) is 25.2 Å². The molecule has 146 valence electrons. The fourth-order valence-electron chi connectivity index (χ4n) is 3.71. The number of rotatable bonds is 3. The van der Waals surface area contributed by atoms with Crippen molar-refractivity contribution in [1.82, 2.24) is 9.97 Å². The van der Waals surface area contributed by atoms with Gasteiger partial charge in [-0.25, -0.2) is 0 Å². The van der Waals surface area contributed by atoms with Gasteiger partial charge in [0.1, 0.15) is 11.6 Å². The van der Waals surface area contributed by atoms with Crippen molar-refractivity contribution < 1.29 is 9.59 Å². The van der Waals surface area contributed by atoms with E-state index in [2.05, 4.69) is 25.5 Å². The Hall–Kier alpha value is -3.16. The number of fused-ring (bicyclic) bond motifs is 1. The quantitative estimate of drug-likeness (QED) is 0.754. The lowest BCUT2D eigenvalue weighted by atomic mass is 9.91. The highest BCUT2D eigenvalue weighted by atomic mass is 16.2. The van der Waals surface area contributed by atoms with Crippen LogP contribution in [-0.4, -0.2) is 34.9 Å². The molecule has 0 radical (unpaired) electrons. The van der Waals surface area contributed by atoms with E-state index in [1.807, 2.05) is 31.2 Å². The Morgan fingerprint density at radius 2 is 1.89 bits per heavy atom. The first-order chi connectivity index (χ1) is 13.5. The van der Waals surface area contributed by atoms with E-state index < -0.39 is 5.92 Å². The van der Waals surface area contributed by atoms with Gasteiger partial charge in [-0.2, -0.15) is 9.97 Å². The number of benzene rings is 1. The molecule has 2 aliphatic heterocycles. The minimum absolute atomic E-state index is 0.0152. The van der Waals surface area contributed by atoms with Crippen molar-refractivity contribution in [2.24, 2.45) is 0 Å². The number of carbonyl (C=O) groups is 2. The Labute approximate surface area is 163 Å². The minimum atomic E-state index is -0.722. The Bertz CT molecular complexity index is 906. The molecule has 0 saturated carbocycles. The Morgan fingerprint density at radius 1 is 1.18 bits per heavy atom. The second-order valence-corrected chi connectivity index (χ2v) is 7.38. The molecule has 0 unspecified atom stereocenters. The van der Waals surface area contributed by atoms with Crippen LogP contribution in [0.25, 0.3) is 0 Å². The summed E-state index contributed by atoms with van der Waals surface area (Å²) >= 11 is 0. The number of nitrogens with two attached hydrogens (primary N) is 1. The first-order valence-electron chi connectivity index (χ1n) is 9.61. The number of carbonyl (C=O) groups excluding carboxylic acids is 2. The zero-order valence-electron chi connectivity index (χ0n) is 15.9. The Balaban J connectivity index is 1.63. The molecule has 1 saturated heterocycles. The van der Waals surface area contributed by atoms with Crippen LogP contribution in [0.2, 0.25) is 0 Å². The van der Waals surface area contributed by atoms with Crippen molar-refractivity contribution in [3.8, 4) is 0 Å². The highest BCUT2D eigenvalue weighted by Gasteiger charge is 2.35. The summed E-state index contributed by atoms with van der Waals surface area (Å²) in [5, 5.41) is 5.62. The first-order valence-corrected chi connectivity index (χ1v) is 9.61.